The highest BCUT2D eigenvalue weighted by Crippen LogP contribution is 2.41. The number of nitro groups is 2. The monoisotopic (exact) mass is 408 g/mol. The third-order valence-electron chi connectivity index (χ3n) is 4.91. The van der Waals surface area contributed by atoms with Crippen molar-refractivity contribution in [2.24, 2.45) is 0 Å². The fourth-order valence-corrected chi connectivity index (χ4v) is 3.58. The molecule has 1 unspecified atom stereocenters. The molecular weight excluding hydrogens is 392 g/mol. The number of hydrogen-bond acceptors (Lipinski definition) is 6. The van der Waals surface area contributed by atoms with E-state index in [-0.39, 0.29) is 18.0 Å². The summed E-state index contributed by atoms with van der Waals surface area (Å²) in [7, 11) is 0. The molecule has 10 nitrogen and oxygen atoms in total. The molecule has 1 aliphatic rings. The van der Waals surface area contributed by atoms with Crippen LogP contribution in [-0.4, -0.2) is 27.5 Å². The molecule has 0 aliphatic carbocycles. The minimum Gasteiger partial charge on any atom is -0.449 e. The van der Waals surface area contributed by atoms with Crippen LogP contribution in [0.5, 0.6) is 0 Å². The first-order chi connectivity index (χ1) is 14.4. The van der Waals surface area contributed by atoms with Gasteiger partial charge < -0.3 is 9.72 Å². The molecule has 0 radical (unpaired) electrons. The number of anilines is 1. The summed E-state index contributed by atoms with van der Waals surface area (Å²) in [5.74, 6) is 0. The summed E-state index contributed by atoms with van der Waals surface area (Å²) in [6.45, 7) is 1.83. The molecule has 30 heavy (non-hydrogen) atoms. The Labute approximate surface area is 169 Å². The van der Waals surface area contributed by atoms with E-state index in [9.17, 15) is 25.0 Å². The number of carbonyl (C=O) groups excluding carboxylic acids is 1. The minimum absolute atomic E-state index is 0.0677. The van der Waals surface area contributed by atoms with Gasteiger partial charge in [0.2, 0.25) is 0 Å². The zero-order chi connectivity index (χ0) is 21.4. The summed E-state index contributed by atoms with van der Waals surface area (Å²) >= 11 is 0. The van der Waals surface area contributed by atoms with Crippen LogP contribution >= 0.6 is 0 Å². The summed E-state index contributed by atoms with van der Waals surface area (Å²) < 4.78 is 5.22. The number of amides is 1. The minimum atomic E-state index is -0.623. The van der Waals surface area contributed by atoms with Gasteiger partial charge in [0, 0.05) is 52.5 Å². The highest BCUT2D eigenvalue weighted by molar-refractivity contribution is 5.96. The molecule has 1 aliphatic heterocycles. The maximum atomic E-state index is 12.8. The highest BCUT2D eigenvalue weighted by Gasteiger charge is 2.33. The van der Waals surface area contributed by atoms with Gasteiger partial charge >= 0.3 is 6.09 Å². The van der Waals surface area contributed by atoms with Crippen LogP contribution < -0.4 is 4.90 Å². The van der Waals surface area contributed by atoms with E-state index < -0.39 is 22.0 Å². The average Bonchev–Trinajstić information content (AvgIpc) is 3.15. The standard InChI is InChI=1S/C20H16N4O6/c1-2-30-20(25)22-18-8-5-13(23(26)27)9-12(18)3-7-19(22)16-11-21-17-6-4-14(24(28)29)10-15(16)17/h3-11,19,21H,2H2,1H3. The van der Waals surface area contributed by atoms with Crippen LogP contribution in [0.3, 0.4) is 0 Å². The molecule has 0 saturated heterocycles. The molecule has 0 spiro atoms. The maximum absolute atomic E-state index is 12.8. The Morgan fingerprint density at radius 3 is 2.53 bits per heavy atom. The van der Waals surface area contributed by atoms with E-state index in [0.717, 1.165) is 0 Å². The van der Waals surface area contributed by atoms with Gasteiger partial charge in [-0.2, -0.15) is 0 Å². The topological polar surface area (TPSA) is 132 Å². The molecule has 0 bridgehead atoms. The lowest BCUT2D eigenvalue weighted by Gasteiger charge is -2.32. The molecule has 1 atom stereocenters. The maximum Gasteiger partial charge on any atom is 0.415 e. The second kappa shape index (κ2) is 7.32. The van der Waals surface area contributed by atoms with Crippen LogP contribution in [0.2, 0.25) is 0 Å². The fraction of sp³-hybridized carbons (Fsp3) is 0.150. The predicted octanol–water partition coefficient (Wildman–Crippen LogP) is 4.72. The van der Waals surface area contributed by atoms with Crippen molar-refractivity contribution < 1.29 is 19.4 Å². The van der Waals surface area contributed by atoms with E-state index in [1.807, 2.05) is 0 Å². The van der Waals surface area contributed by atoms with Crippen molar-refractivity contribution in [3.05, 3.63) is 80.0 Å². The summed E-state index contributed by atoms with van der Waals surface area (Å²) in [5.41, 5.74) is 2.11. The Bertz CT molecular complexity index is 1220. The van der Waals surface area contributed by atoms with Gasteiger partial charge in [-0.3, -0.25) is 25.1 Å². The number of nitro benzene ring substituents is 2. The molecule has 2 heterocycles. The number of non-ortho nitro benzene ring substituents is 2. The van der Waals surface area contributed by atoms with Gasteiger partial charge in [0.1, 0.15) is 0 Å². The SMILES string of the molecule is CCOC(=O)N1c2ccc([N+](=O)[O-])cc2C=CC1c1c[nH]c2ccc([N+](=O)[O-])cc12. The highest BCUT2D eigenvalue weighted by atomic mass is 16.6. The molecule has 1 amide bonds. The largest absolute Gasteiger partial charge is 0.449 e. The van der Waals surface area contributed by atoms with Gasteiger partial charge in [-0.05, 0) is 19.1 Å². The van der Waals surface area contributed by atoms with Crippen molar-refractivity contribution in [2.45, 2.75) is 13.0 Å². The molecule has 0 fully saturated rings. The van der Waals surface area contributed by atoms with Gasteiger partial charge in [0.25, 0.3) is 11.4 Å². The normalized spacial score (nSPS) is 15.1. The molecule has 10 heteroatoms. The zero-order valence-corrected chi connectivity index (χ0v) is 15.8. The number of nitrogens with one attached hydrogen (secondary N) is 1. The van der Waals surface area contributed by atoms with Crippen LogP contribution in [0.4, 0.5) is 21.9 Å². The lowest BCUT2D eigenvalue weighted by molar-refractivity contribution is -0.385. The number of H-pyrrole nitrogens is 1. The van der Waals surface area contributed by atoms with Crippen molar-refractivity contribution in [2.75, 3.05) is 11.5 Å². The van der Waals surface area contributed by atoms with E-state index in [1.54, 1.807) is 31.3 Å². The molecule has 152 valence electrons. The number of aromatic amines is 1. The van der Waals surface area contributed by atoms with E-state index in [1.165, 1.54) is 35.2 Å². The number of hydrogen-bond donors (Lipinski definition) is 1. The predicted molar refractivity (Wildman–Crippen MR) is 109 cm³/mol. The number of nitrogens with zero attached hydrogens (tertiary/aromatic N) is 3. The van der Waals surface area contributed by atoms with Crippen LogP contribution in [-0.2, 0) is 4.74 Å². The van der Waals surface area contributed by atoms with Crippen molar-refractivity contribution in [3.8, 4) is 0 Å². The Balaban J connectivity index is 1.87. The van der Waals surface area contributed by atoms with Crippen LogP contribution in [0.25, 0.3) is 17.0 Å². The van der Waals surface area contributed by atoms with Crippen LogP contribution in [0, 0.1) is 20.2 Å². The Morgan fingerprint density at radius 1 is 1.13 bits per heavy atom. The first-order valence-corrected chi connectivity index (χ1v) is 9.08. The number of fused-ring (bicyclic) bond motifs is 2. The van der Waals surface area contributed by atoms with Gasteiger partial charge in [0.05, 0.1) is 28.2 Å². The lowest BCUT2D eigenvalue weighted by atomic mass is 9.97. The Morgan fingerprint density at radius 2 is 1.83 bits per heavy atom. The number of ether oxygens (including phenoxy) is 1. The van der Waals surface area contributed by atoms with Crippen molar-refractivity contribution in [1.29, 1.82) is 0 Å². The van der Waals surface area contributed by atoms with E-state index >= 15 is 0 Å². The van der Waals surface area contributed by atoms with Gasteiger partial charge in [-0.15, -0.1) is 0 Å². The second-order valence-corrected chi connectivity index (χ2v) is 6.60. The zero-order valence-electron chi connectivity index (χ0n) is 15.8. The van der Waals surface area contributed by atoms with Crippen LogP contribution in [0.15, 0.2) is 48.7 Å². The number of rotatable bonds is 4. The fourth-order valence-electron chi connectivity index (χ4n) is 3.58. The summed E-state index contributed by atoms with van der Waals surface area (Å²) in [4.78, 5) is 38.6. The smallest absolute Gasteiger partial charge is 0.415 e. The van der Waals surface area contributed by atoms with Crippen molar-refractivity contribution >= 4 is 40.1 Å². The molecule has 3 aromatic rings. The van der Waals surface area contributed by atoms with Gasteiger partial charge in [-0.25, -0.2) is 4.79 Å². The molecule has 2 aromatic carbocycles. The lowest BCUT2D eigenvalue weighted by Crippen LogP contribution is -2.36. The molecular formula is C20H16N4O6. The second-order valence-electron chi connectivity index (χ2n) is 6.60. The van der Waals surface area contributed by atoms with Crippen molar-refractivity contribution in [3.63, 3.8) is 0 Å². The van der Waals surface area contributed by atoms with Crippen LogP contribution in [0.1, 0.15) is 24.1 Å². The molecule has 0 saturated carbocycles. The Kier molecular flexibility index (Phi) is 4.66. The quantitative estimate of drug-likeness (QED) is 0.491. The summed E-state index contributed by atoms with van der Waals surface area (Å²) in [6, 6.07) is 8.04. The van der Waals surface area contributed by atoms with E-state index in [4.69, 9.17) is 4.74 Å². The van der Waals surface area contributed by atoms with E-state index in [0.29, 0.717) is 27.7 Å². The number of carbonyl (C=O) groups is 1. The molecule has 1 aromatic heterocycles. The van der Waals surface area contributed by atoms with E-state index in [2.05, 4.69) is 4.98 Å². The van der Waals surface area contributed by atoms with Crippen molar-refractivity contribution in [1.82, 2.24) is 4.98 Å². The molecule has 4 rings (SSSR count). The summed E-state index contributed by atoms with van der Waals surface area (Å²) in [6.07, 6.45) is 4.47. The average molecular weight is 408 g/mol. The number of benzene rings is 2. The Hall–Kier alpha value is -4.21. The third-order valence-corrected chi connectivity index (χ3v) is 4.91. The first kappa shape index (κ1) is 19.1. The molecule has 1 N–H and O–H groups in total. The third kappa shape index (κ3) is 3.13. The first-order valence-electron chi connectivity index (χ1n) is 9.08. The number of aromatic nitrogens is 1. The summed E-state index contributed by atoms with van der Waals surface area (Å²) in [5, 5.41) is 22.9. The van der Waals surface area contributed by atoms with Gasteiger partial charge in [0.15, 0.2) is 0 Å². The van der Waals surface area contributed by atoms with Gasteiger partial charge in [-0.1, -0.05) is 12.2 Å².